The van der Waals surface area contributed by atoms with E-state index in [2.05, 4.69) is 41.5 Å². The summed E-state index contributed by atoms with van der Waals surface area (Å²) in [5, 5.41) is 3.96. The number of nitrogens with zero attached hydrogens (tertiary/aromatic N) is 3. The maximum atomic E-state index is 14.0. The summed E-state index contributed by atoms with van der Waals surface area (Å²) in [6, 6.07) is 19.0. The lowest BCUT2D eigenvalue weighted by atomic mass is 10.0. The number of pyridine rings is 1. The molecule has 3 atom stereocenters. The molecule has 2 aromatic carbocycles. The van der Waals surface area contributed by atoms with Gasteiger partial charge in [-0.05, 0) is 37.8 Å². The minimum absolute atomic E-state index is 0.0820. The van der Waals surface area contributed by atoms with Crippen LogP contribution in [0.1, 0.15) is 61.3 Å². The molecule has 1 N–H and O–H groups in total. The van der Waals surface area contributed by atoms with Crippen molar-refractivity contribution in [3.63, 3.8) is 0 Å². The van der Waals surface area contributed by atoms with Crippen LogP contribution in [0.5, 0.6) is 0 Å². The topological polar surface area (TPSA) is 75.2 Å². The fourth-order valence-corrected chi connectivity index (χ4v) is 5.90. The van der Waals surface area contributed by atoms with Crippen molar-refractivity contribution in [3.05, 3.63) is 83.0 Å². The minimum Gasteiger partial charge on any atom is -0.340 e. The molecule has 0 bridgehead atoms. The number of aryl methyl sites for hydroxylation is 1. The van der Waals surface area contributed by atoms with Crippen molar-refractivity contribution in [2.45, 2.75) is 52.1 Å². The number of hydrogen-bond acceptors (Lipinski definition) is 5. The summed E-state index contributed by atoms with van der Waals surface area (Å²) in [6.07, 6.45) is 4.29. The summed E-state index contributed by atoms with van der Waals surface area (Å²) in [4.78, 5) is 38.4. The Kier molecular flexibility index (Phi) is 7.33. The monoisotopic (exact) mass is 512 g/mol. The lowest BCUT2D eigenvalue weighted by molar-refractivity contribution is -0.138. The second-order valence-electron chi connectivity index (χ2n) is 9.78. The molecule has 2 amide bonds. The molecule has 0 aliphatic carbocycles. The lowest BCUT2D eigenvalue weighted by Crippen LogP contribution is -2.44. The van der Waals surface area contributed by atoms with E-state index in [1.165, 1.54) is 5.56 Å². The highest BCUT2D eigenvalue weighted by Gasteiger charge is 2.37. The lowest BCUT2D eigenvalue weighted by Gasteiger charge is -2.29. The Morgan fingerprint density at radius 2 is 1.86 bits per heavy atom. The molecule has 1 fully saturated rings. The predicted molar refractivity (Wildman–Crippen MR) is 148 cm³/mol. The van der Waals surface area contributed by atoms with Gasteiger partial charge in [-0.2, -0.15) is 0 Å². The van der Waals surface area contributed by atoms with Gasteiger partial charge in [-0.1, -0.05) is 74.0 Å². The van der Waals surface area contributed by atoms with Crippen molar-refractivity contribution in [3.8, 4) is 11.3 Å². The van der Waals surface area contributed by atoms with E-state index in [0.29, 0.717) is 6.54 Å². The van der Waals surface area contributed by atoms with Crippen LogP contribution in [0, 0.1) is 12.8 Å². The fraction of sp³-hybridized carbons (Fsp3) is 0.333. The Labute approximate surface area is 221 Å². The quantitative estimate of drug-likeness (QED) is 0.318. The molecule has 0 unspecified atom stereocenters. The van der Waals surface area contributed by atoms with Crippen LogP contribution >= 0.6 is 11.3 Å². The number of thiazole rings is 1. The number of carbonyl (C=O) groups is 2. The zero-order valence-corrected chi connectivity index (χ0v) is 22.3. The van der Waals surface area contributed by atoms with Crippen molar-refractivity contribution in [1.29, 1.82) is 0 Å². The molecule has 5 rings (SSSR count). The summed E-state index contributed by atoms with van der Waals surface area (Å²) < 4.78 is 1.06. The van der Waals surface area contributed by atoms with Crippen LogP contribution in [0.15, 0.2) is 66.9 Å². The van der Waals surface area contributed by atoms with Crippen molar-refractivity contribution >= 4 is 33.4 Å². The molecule has 1 aliphatic rings. The summed E-state index contributed by atoms with van der Waals surface area (Å²) in [7, 11) is 0. The van der Waals surface area contributed by atoms with E-state index >= 15 is 0 Å². The number of nitrogens with one attached hydrogen (secondary N) is 1. The van der Waals surface area contributed by atoms with Crippen molar-refractivity contribution in [2.24, 2.45) is 5.92 Å². The first-order chi connectivity index (χ1) is 18.0. The summed E-state index contributed by atoms with van der Waals surface area (Å²) in [5.74, 6) is -0.346. The molecule has 190 valence electrons. The average molecular weight is 513 g/mol. The zero-order valence-electron chi connectivity index (χ0n) is 21.5. The number of hydrogen-bond donors (Lipinski definition) is 1. The van der Waals surface area contributed by atoms with Gasteiger partial charge in [-0.3, -0.25) is 14.6 Å². The largest absolute Gasteiger partial charge is 0.340 e. The standard InChI is InChI=1S/C30H32N4O2S/c1-4-20(3)28(35)32-26(21-9-6-5-7-10-21)30(36)34-18-8-11-23(34)29-33-27-24(37-29)16-17-31-25(27)22-14-12-19(2)13-15-22/h5-7,9-10,12-17,20,23,26H,4,8,11,18H2,1-3H3,(H,32,35)/t20-,23+,26+/m1/s1. The van der Waals surface area contributed by atoms with Crippen molar-refractivity contribution in [1.82, 2.24) is 20.2 Å². The number of rotatable bonds is 7. The van der Waals surface area contributed by atoms with E-state index in [-0.39, 0.29) is 23.8 Å². The van der Waals surface area contributed by atoms with Gasteiger partial charge in [0.2, 0.25) is 11.8 Å². The molecule has 0 spiro atoms. The third-order valence-electron chi connectivity index (χ3n) is 7.20. The molecule has 1 aliphatic heterocycles. The van der Waals surface area contributed by atoms with Gasteiger partial charge in [0.05, 0.1) is 16.4 Å². The molecule has 1 saturated heterocycles. The van der Waals surface area contributed by atoms with E-state index in [1.807, 2.05) is 61.3 Å². The van der Waals surface area contributed by atoms with Crippen molar-refractivity contribution in [2.75, 3.05) is 6.54 Å². The molecule has 2 aromatic heterocycles. The zero-order chi connectivity index (χ0) is 25.9. The minimum atomic E-state index is -0.720. The van der Waals surface area contributed by atoms with Gasteiger partial charge in [-0.25, -0.2) is 4.98 Å². The maximum Gasteiger partial charge on any atom is 0.250 e. The molecular formula is C30H32N4O2S. The Hall–Kier alpha value is -3.58. The number of benzene rings is 2. The smallest absolute Gasteiger partial charge is 0.250 e. The third-order valence-corrected chi connectivity index (χ3v) is 8.32. The number of aromatic nitrogens is 2. The Morgan fingerprint density at radius 1 is 1.11 bits per heavy atom. The van der Waals surface area contributed by atoms with Gasteiger partial charge in [0.25, 0.3) is 0 Å². The molecule has 7 heteroatoms. The first kappa shape index (κ1) is 25.1. The first-order valence-electron chi connectivity index (χ1n) is 12.9. The highest BCUT2D eigenvalue weighted by Crippen LogP contribution is 2.39. The molecule has 6 nitrogen and oxygen atoms in total. The van der Waals surface area contributed by atoms with Crippen LogP contribution in [0.2, 0.25) is 0 Å². The SMILES string of the molecule is CC[C@@H](C)C(=O)N[C@H](C(=O)N1CCC[C@H]1c1nc2c(-c3ccc(C)cc3)nccc2s1)c1ccccc1. The fourth-order valence-electron chi connectivity index (χ4n) is 4.79. The van der Waals surface area contributed by atoms with Crippen LogP contribution in [-0.4, -0.2) is 33.2 Å². The van der Waals surface area contributed by atoms with E-state index in [1.54, 1.807) is 11.3 Å². The van der Waals surface area contributed by atoms with Crippen LogP contribution in [-0.2, 0) is 9.59 Å². The first-order valence-corrected chi connectivity index (χ1v) is 13.8. The number of amides is 2. The molecule has 3 heterocycles. The van der Waals surface area contributed by atoms with Gasteiger partial charge in [-0.15, -0.1) is 11.3 Å². The number of carbonyl (C=O) groups excluding carboxylic acids is 2. The van der Waals surface area contributed by atoms with E-state index in [9.17, 15) is 9.59 Å². The summed E-state index contributed by atoms with van der Waals surface area (Å²) in [6.45, 7) is 6.58. The highest BCUT2D eigenvalue weighted by molar-refractivity contribution is 7.18. The summed E-state index contributed by atoms with van der Waals surface area (Å²) in [5.41, 5.74) is 4.76. The second-order valence-corrected chi connectivity index (χ2v) is 10.8. The van der Waals surface area contributed by atoms with Gasteiger partial charge in [0.15, 0.2) is 0 Å². The van der Waals surface area contributed by atoms with Crippen molar-refractivity contribution < 1.29 is 9.59 Å². The number of fused-ring (bicyclic) bond motifs is 1. The Morgan fingerprint density at radius 3 is 2.59 bits per heavy atom. The number of likely N-dealkylation sites (tertiary alicyclic amines) is 1. The van der Waals surface area contributed by atoms with Crippen LogP contribution in [0.4, 0.5) is 0 Å². The highest BCUT2D eigenvalue weighted by atomic mass is 32.1. The van der Waals surface area contributed by atoms with Gasteiger partial charge in [0, 0.05) is 24.2 Å². The Balaban J connectivity index is 1.47. The van der Waals surface area contributed by atoms with Crippen LogP contribution < -0.4 is 5.32 Å². The molecule has 0 radical (unpaired) electrons. The van der Waals surface area contributed by atoms with E-state index in [0.717, 1.165) is 51.3 Å². The average Bonchev–Trinajstić information content (AvgIpc) is 3.59. The van der Waals surface area contributed by atoms with Crippen LogP contribution in [0.3, 0.4) is 0 Å². The normalized spacial score (nSPS) is 17.1. The van der Waals surface area contributed by atoms with Gasteiger partial charge >= 0.3 is 0 Å². The van der Waals surface area contributed by atoms with E-state index in [4.69, 9.17) is 4.98 Å². The maximum absolute atomic E-state index is 14.0. The molecule has 37 heavy (non-hydrogen) atoms. The Bertz CT molecular complexity index is 1400. The molecule has 0 saturated carbocycles. The summed E-state index contributed by atoms with van der Waals surface area (Å²) >= 11 is 1.63. The van der Waals surface area contributed by atoms with Gasteiger partial charge in [0.1, 0.15) is 16.6 Å². The van der Waals surface area contributed by atoms with Crippen LogP contribution in [0.25, 0.3) is 21.5 Å². The van der Waals surface area contributed by atoms with Gasteiger partial charge < -0.3 is 10.2 Å². The van der Waals surface area contributed by atoms with E-state index < -0.39 is 6.04 Å². The second kappa shape index (κ2) is 10.8. The predicted octanol–water partition coefficient (Wildman–Crippen LogP) is 6.23. The third kappa shape index (κ3) is 5.14. The molecule has 4 aromatic rings. The molecular weight excluding hydrogens is 480 g/mol.